The molecule has 2 heterocycles. The highest BCUT2D eigenvalue weighted by Gasteiger charge is 2.31. The molecule has 0 saturated carbocycles. The predicted octanol–water partition coefficient (Wildman–Crippen LogP) is 3.98. The van der Waals surface area contributed by atoms with Crippen LogP contribution in [0.3, 0.4) is 0 Å². The number of benzene rings is 1. The van der Waals surface area contributed by atoms with Crippen LogP contribution in [0.4, 0.5) is 13.2 Å². The van der Waals surface area contributed by atoms with Crippen LogP contribution in [0, 0.1) is 0 Å². The van der Waals surface area contributed by atoms with E-state index in [-0.39, 0.29) is 16.4 Å². The first-order chi connectivity index (χ1) is 12.3. The van der Waals surface area contributed by atoms with E-state index in [1.54, 1.807) is 18.2 Å². The van der Waals surface area contributed by atoms with Gasteiger partial charge in [0.05, 0.1) is 22.0 Å². The van der Waals surface area contributed by atoms with E-state index in [1.807, 2.05) is 0 Å². The van der Waals surface area contributed by atoms with E-state index in [2.05, 4.69) is 15.2 Å². The molecule has 0 spiro atoms. The van der Waals surface area contributed by atoms with Crippen LogP contribution in [-0.2, 0) is 6.18 Å². The minimum Gasteiger partial charge on any atom is -0.364 e. The number of amides is 1. The quantitative estimate of drug-likeness (QED) is 0.747. The molecule has 3 rings (SSSR count). The summed E-state index contributed by atoms with van der Waals surface area (Å²) in [5.74, 6) is -0.711. The van der Waals surface area contributed by atoms with Crippen molar-refractivity contribution >= 4 is 17.5 Å². The smallest absolute Gasteiger partial charge is 0.364 e. The van der Waals surface area contributed by atoms with Gasteiger partial charge in [0.25, 0.3) is 5.91 Å². The lowest BCUT2D eigenvalue weighted by atomic mass is 10.1. The zero-order chi connectivity index (χ0) is 18.9. The highest BCUT2D eigenvalue weighted by molar-refractivity contribution is 6.33. The molecule has 0 aliphatic rings. The van der Waals surface area contributed by atoms with Crippen molar-refractivity contribution in [1.82, 2.24) is 15.2 Å². The number of nitrogens with two attached hydrogens (primary N) is 1. The highest BCUT2D eigenvalue weighted by Crippen LogP contribution is 2.35. The van der Waals surface area contributed by atoms with Gasteiger partial charge >= 0.3 is 6.18 Å². The summed E-state index contributed by atoms with van der Waals surface area (Å²) in [6.07, 6.45) is -3.06. The van der Waals surface area contributed by atoms with Gasteiger partial charge in [-0.25, -0.2) is 0 Å². The normalized spacial score (nSPS) is 11.4. The maximum atomic E-state index is 12.7. The molecule has 0 bridgehead atoms. The van der Waals surface area contributed by atoms with Crippen LogP contribution in [0.1, 0.15) is 16.1 Å². The van der Waals surface area contributed by atoms with Gasteiger partial charge in [0, 0.05) is 17.3 Å². The van der Waals surface area contributed by atoms with Gasteiger partial charge < -0.3 is 5.73 Å². The summed E-state index contributed by atoms with van der Waals surface area (Å²) in [4.78, 5) is 15.4. The minimum atomic E-state index is -4.48. The third kappa shape index (κ3) is 3.50. The van der Waals surface area contributed by atoms with Crippen LogP contribution < -0.4 is 5.73 Å². The van der Waals surface area contributed by atoms with Crippen molar-refractivity contribution in [3.63, 3.8) is 0 Å². The fourth-order valence-corrected chi connectivity index (χ4v) is 2.60. The zero-order valence-electron chi connectivity index (χ0n) is 13.0. The van der Waals surface area contributed by atoms with Gasteiger partial charge in [-0.2, -0.15) is 13.2 Å². The number of carbonyl (C=O) groups is 1. The van der Waals surface area contributed by atoms with Crippen molar-refractivity contribution in [2.75, 3.05) is 0 Å². The van der Waals surface area contributed by atoms with E-state index in [1.165, 1.54) is 18.3 Å². The van der Waals surface area contributed by atoms with Crippen molar-refractivity contribution in [3.05, 3.63) is 64.9 Å². The zero-order valence-corrected chi connectivity index (χ0v) is 13.7. The minimum absolute atomic E-state index is 0.0436. The maximum Gasteiger partial charge on any atom is 0.416 e. The number of aromatic nitrogens is 3. The SMILES string of the molecule is NC(=O)c1ncccc1-c1ccc(-c2ccc(C(F)(F)F)cc2Cl)nn1. The summed E-state index contributed by atoms with van der Waals surface area (Å²) in [5.41, 5.74) is 5.82. The number of rotatable bonds is 3. The maximum absolute atomic E-state index is 12.7. The van der Waals surface area contributed by atoms with Gasteiger partial charge in [0.15, 0.2) is 0 Å². The second-order valence-corrected chi connectivity index (χ2v) is 5.67. The first-order valence-electron chi connectivity index (χ1n) is 7.23. The van der Waals surface area contributed by atoms with Crippen LogP contribution >= 0.6 is 11.6 Å². The fraction of sp³-hybridized carbons (Fsp3) is 0.0588. The summed E-state index contributed by atoms with van der Waals surface area (Å²) in [5, 5.41) is 7.89. The first-order valence-corrected chi connectivity index (χ1v) is 7.61. The Kier molecular flexibility index (Phi) is 4.60. The van der Waals surface area contributed by atoms with E-state index in [4.69, 9.17) is 17.3 Å². The van der Waals surface area contributed by atoms with Gasteiger partial charge in [-0.3, -0.25) is 9.78 Å². The van der Waals surface area contributed by atoms with Crippen LogP contribution in [-0.4, -0.2) is 21.1 Å². The lowest BCUT2D eigenvalue weighted by Crippen LogP contribution is -2.14. The van der Waals surface area contributed by atoms with Crippen LogP contribution in [0.25, 0.3) is 22.5 Å². The Hall–Kier alpha value is -3.00. The number of pyridine rings is 1. The number of primary amides is 1. The molecule has 2 aromatic heterocycles. The Morgan fingerprint density at radius 1 is 1.00 bits per heavy atom. The first kappa shape index (κ1) is 17.8. The Labute approximate surface area is 150 Å². The van der Waals surface area contributed by atoms with Crippen LogP contribution in [0.15, 0.2) is 48.7 Å². The fourth-order valence-electron chi connectivity index (χ4n) is 2.33. The van der Waals surface area contributed by atoms with Crippen molar-refractivity contribution in [2.45, 2.75) is 6.18 Å². The molecule has 1 amide bonds. The van der Waals surface area contributed by atoms with Crippen molar-refractivity contribution < 1.29 is 18.0 Å². The van der Waals surface area contributed by atoms with Gasteiger partial charge in [-0.05, 0) is 36.4 Å². The Balaban J connectivity index is 1.98. The average Bonchev–Trinajstić information content (AvgIpc) is 2.61. The van der Waals surface area contributed by atoms with Gasteiger partial charge in [-0.1, -0.05) is 17.7 Å². The van der Waals surface area contributed by atoms with Crippen molar-refractivity contribution in [2.24, 2.45) is 5.73 Å². The molecule has 0 saturated heterocycles. The predicted molar refractivity (Wildman–Crippen MR) is 89.2 cm³/mol. The summed E-state index contributed by atoms with van der Waals surface area (Å²) in [7, 11) is 0. The summed E-state index contributed by atoms with van der Waals surface area (Å²) in [6.45, 7) is 0. The topological polar surface area (TPSA) is 81.8 Å². The Morgan fingerprint density at radius 2 is 1.65 bits per heavy atom. The van der Waals surface area contributed by atoms with E-state index in [0.717, 1.165) is 12.1 Å². The molecule has 132 valence electrons. The molecule has 1 aromatic carbocycles. The number of nitrogens with zero attached hydrogens (tertiary/aromatic N) is 3. The van der Waals surface area contributed by atoms with Gasteiger partial charge in [0.2, 0.25) is 0 Å². The molecule has 9 heteroatoms. The molecular formula is C17H10ClF3N4O. The summed E-state index contributed by atoms with van der Waals surface area (Å²) >= 11 is 5.95. The number of alkyl halides is 3. The molecule has 0 unspecified atom stereocenters. The monoisotopic (exact) mass is 378 g/mol. The lowest BCUT2D eigenvalue weighted by molar-refractivity contribution is -0.137. The molecule has 26 heavy (non-hydrogen) atoms. The third-order valence-corrected chi connectivity index (χ3v) is 3.87. The molecule has 0 aliphatic heterocycles. The summed E-state index contributed by atoms with van der Waals surface area (Å²) in [6, 6.07) is 9.30. The second-order valence-electron chi connectivity index (χ2n) is 5.26. The number of carbonyl (C=O) groups excluding carboxylic acids is 1. The molecule has 3 aromatic rings. The Bertz CT molecular complexity index is 974. The number of hydrogen-bond acceptors (Lipinski definition) is 4. The van der Waals surface area contributed by atoms with E-state index in [9.17, 15) is 18.0 Å². The number of hydrogen-bond donors (Lipinski definition) is 1. The molecule has 2 N–H and O–H groups in total. The van der Waals surface area contributed by atoms with Gasteiger partial charge in [-0.15, -0.1) is 10.2 Å². The molecular weight excluding hydrogens is 369 g/mol. The average molecular weight is 379 g/mol. The third-order valence-electron chi connectivity index (χ3n) is 3.55. The van der Waals surface area contributed by atoms with Crippen molar-refractivity contribution in [1.29, 1.82) is 0 Å². The second kappa shape index (κ2) is 6.72. The van der Waals surface area contributed by atoms with E-state index >= 15 is 0 Å². The molecule has 0 aliphatic carbocycles. The molecule has 5 nitrogen and oxygen atoms in total. The van der Waals surface area contributed by atoms with Gasteiger partial charge in [0.1, 0.15) is 5.69 Å². The summed E-state index contributed by atoms with van der Waals surface area (Å²) < 4.78 is 38.1. The molecule has 0 atom stereocenters. The standard InChI is InChI=1S/C17H10ClF3N4O/c18-12-8-9(17(19,20)21)3-4-10(12)13-5-6-14(25-24-13)11-2-1-7-23-15(11)16(22)26/h1-8H,(H2,22,26). The molecule has 0 fully saturated rings. The highest BCUT2D eigenvalue weighted by atomic mass is 35.5. The van der Waals surface area contributed by atoms with E-state index < -0.39 is 17.6 Å². The van der Waals surface area contributed by atoms with Crippen LogP contribution in [0.2, 0.25) is 5.02 Å². The lowest BCUT2D eigenvalue weighted by Gasteiger charge is -2.10. The Morgan fingerprint density at radius 3 is 2.19 bits per heavy atom. The van der Waals surface area contributed by atoms with E-state index in [0.29, 0.717) is 16.8 Å². The van der Waals surface area contributed by atoms with Crippen LogP contribution in [0.5, 0.6) is 0 Å². The largest absolute Gasteiger partial charge is 0.416 e. The number of halogens is 4. The molecule has 0 radical (unpaired) electrons. The van der Waals surface area contributed by atoms with Crippen molar-refractivity contribution in [3.8, 4) is 22.5 Å².